The topological polar surface area (TPSA) is 279 Å². The number of aliphatic imine (C=N–C) groups is 2. The van der Waals surface area contributed by atoms with Crippen molar-refractivity contribution in [3.05, 3.63) is 0 Å². The molecule has 4 atom stereocenters. The lowest BCUT2D eigenvalue weighted by Crippen LogP contribution is -2.58. The Morgan fingerprint density at radius 2 is 1.28 bits per heavy atom. The molecule has 4 unspecified atom stereocenters. The average Bonchev–Trinajstić information content (AvgIpc) is 2.79. The Labute approximate surface area is 215 Å². The maximum absolute atomic E-state index is 13.0. The van der Waals surface area contributed by atoms with Gasteiger partial charge in [0.05, 0.1) is 6.04 Å². The van der Waals surface area contributed by atoms with Gasteiger partial charge in [-0.15, -0.1) is 0 Å². The summed E-state index contributed by atoms with van der Waals surface area (Å²) in [7, 11) is 0. The van der Waals surface area contributed by atoms with Gasteiger partial charge < -0.3 is 49.7 Å². The molecule has 0 aromatic carbocycles. The molecule has 0 spiro atoms. The fourth-order valence-corrected chi connectivity index (χ4v) is 3.11. The lowest BCUT2D eigenvalue weighted by Gasteiger charge is -2.27. The molecule has 36 heavy (non-hydrogen) atoms. The third kappa shape index (κ3) is 13.6. The van der Waals surface area contributed by atoms with Gasteiger partial charge in [0.2, 0.25) is 17.7 Å². The smallest absolute Gasteiger partial charge is 0.326 e. The number of carboxylic acid groups (broad SMARTS) is 1. The molecule has 0 aromatic heterocycles. The fourth-order valence-electron chi connectivity index (χ4n) is 2.95. The van der Waals surface area contributed by atoms with Crippen LogP contribution in [0.2, 0.25) is 0 Å². The minimum absolute atomic E-state index is 0.0544. The van der Waals surface area contributed by atoms with Crippen molar-refractivity contribution in [3.8, 4) is 0 Å². The predicted molar refractivity (Wildman–Crippen MR) is 140 cm³/mol. The molecule has 0 aromatic rings. The summed E-state index contributed by atoms with van der Waals surface area (Å²) in [5.41, 5.74) is 26.8. The van der Waals surface area contributed by atoms with Gasteiger partial charge in [0, 0.05) is 18.8 Å². The predicted octanol–water partition coefficient (Wildman–Crippen LogP) is -3.45. The minimum atomic E-state index is -1.26. The van der Waals surface area contributed by atoms with E-state index < -0.39 is 47.9 Å². The molecule has 0 radical (unpaired) electrons. The van der Waals surface area contributed by atoms with Crippen molar-refractivity contribution < 1.29 is 24.3 Å². The number of carbonyl (C=O) groups excluding carboxylic acids is 3. The van der Waals surface area contributed by atoms with E-state index in [0.29, 0.717) is 12.8 Å². The van der Waals surface area contributed by atoms with Gasteiger partial charge in [0.15, 0.2) is 11.9 Å². The molecule has 0 saturated carbocycles. The van der Waals surface area contributed by atoms with E-state index in [2.05, 4.69) is 38.6 Å². The van der Waals surface area contributed by atoms with Gasteiger partial charge in [-0.2, -0.15) is 12.6 Å². The Morgan fingerprint density at radius 3 is 1.69 bits per heavy atom. The van der Waals surface area contributed by atoms with Crippen molar-refractivity contribution in [2.75, 3.05) is 18.8 Å². The Balaban J connectivity index is 5.52. The number of aliphatic carboxylic acids is 1. The first-order chi connectivity index (χ1) is 16.8. The third-order valence-electron chi connectivity index (χ3n) is 4.92. The SMILES string of the molecule is CC(C)C(NC(=O)C(N)CS)C(=O)NC(CCCN=C(N)N)C(=O)NC(CCCN=C(N)N)C(=O)O. The first-order valence-electron chi connectivity index (χ1n) is 11.4. The normalized spacial score (nSPS) is 14.0. The molecule has 14 N–H and O–H groups in total. The lowest BCUT2D eigenvalue weighted by molar-refractivity contribution is -0.142. The van der Waals surface area contributed by atoms with Gasteiger partial charge in [0.25, 0.3) is 0 Å². The first-order valence-corrected chi connectivity index (χ1v) is 12.0. The van der Waals surface area contributed by atoms with Gasteiger partial charge in [-0.05, 0) is 31.6 Å². The monoisotopic (exact) mass is 532 g/mol. The van der Waals surface area contributed by atoms with Crippen LogP contribution in [0, 0.1) is 5.92 Å². The zero-order valence-corrected chi connectivity index (χ0v) is 21.5. The molecule has 206 valence electrons. The van der Waals surface area contributed by atoms with E-state index in [4.69, 9.17) is 28.7 Å². The maximum Gasteiger partial charge on any atom is 0.326 e. The van der Waals surface area contributed by atoms with Crippen molar-refractivity contribution in [1.29, 1.82) is 0 Å². The van der Waals surface area contributed by atoms with Crippen LogP contribution in [-0.4, -0.2) is 83.7 Å². The summed E-state index contributed by atoms with van der Waals surface area (Å²) < 4.78 is 0. The van der Waals surface area contributed by atoms with Crippen LogP contribution in [0.1, 0.15) is 39.5 Å². The van der Waals surface area contributed by atoms with E-state index in [1.807, 2.05) is 0 Å². The molecule has 15 nitrogen and oxygen atoms in total. The second-order valence-electron chi connectivity index (χ2n) is 8.38. The lowest BCUT2D eigenvalue weighted by atomic mass is 10.0. The molecule has 0 bridgehead atoms. The molecule has 0 aliphatic carbocycles. The largest absolute Gasteiger partial charge is 0.480 e. The van der Waals surface area contributed by atoms with Crippen LogP contribution in [0.5, 0.6) is 0 Å². The van der Waals surface area contributed by atoms with E-state index in [9.17, 15) is 24.3 Å². The van der Waals surface area contributed by atoms with E-state index >= 15 is 0 Å². The van der Waals surface area contributed by atoms with Gasteiger partial charge in [-0.1, -0.05) is 13.8 Å². The molecule has 0 aliphatic rings. The van der Waals surface area contributed by atoms with E-state index in [1.165, 1.54) is 0 Å². The summed E-state index contributed by atoms with van der Waals surface area (Å²) in [4.78, 5) is 57.4. The second-order valence-corrected chi connectivity index (χ2v) is 8.74. The highest BCUT2D eigenvalue weighted by atomic mass is 32.1. The number of amides is 3. The molecule has 0 heterocycles. The highest BCUT2D eigenvalue weighted by Crippen LogP contribution is 2.07. The van der Waals surface area contributed by atoms with E-state index in [1.54, 1.807) is 13.8 Å². The molecule has 0 aliphatic heterocycles. The van der Waals surface area contributed by atoms with Gasteiger partial charge >= 0.3 is 5.97 Å². The van der Waals surface area contributed by atoms with Gasteiger partial charge in [-0.3, -0.25) is 24.4 Å². The zero-order valence-electron chi connectivity index (χ0n) is 20.6. The number of thiol groups is 1. The summed E-state index contributed by atoms with van der Waals surface area (Å²) in [6.45, 7) is 3.79. The van der Waals surface area contributed by atoms with Gasteiger partial charge in [0.1, 0.15) is 18.1 Å². The molecule has 16 heteroatoms. The standard InChI is InChI=1S/C20H40N10O5S/c1-10(2)14(30-15(31)11(21)9-36)17(33)28-12(5-3-7-26-19(22)23)16(32)29-13(18(34)35)6-4-8-27-20(24)25/h10-14,36H,3-9,21H2,1-2H3,(H,28,33)(H,29,32)(H,30,31)(H,34,35)(H4,22,23,26)(H4,24,25,27). The van der Waals surface area contributed by atoms with Crippen LogP contribution in [-0.2, 0) is 19.2 Å². The maximum atomic E-state index is 13.0. The van der Waals surface area contributed by atoms with Crippen molar-refractivity contribution in [2.45, 2.75) is 63.7 Å². The molecular weight excluding hydrogens is 492 g/mol. The number of rotatable bonds is 17. The van der Waals surface area contributed by atoms with Crippen molar-refractivity contribution >= 4 is 48.2 Å². The average molecular weight is 533 g/mol. The van der Waals surface area contributed by atoms with Crippen molar-refractivity contribution in [1.82, 2.24) is 16.0 Å². The van der Waals surface area contributed by atoms with Crippen LogP contribution >= 0.6 is 12.6 Å². The first kappa shape index (κ1) is 32.7. The number of nitrogens with one attached hydrogen (secondary N) is 3. The quantitative estimate of drug-likeness (QED) is 0.0382. The van der Waals surface area contributed by atoms with E-state index in [-0.39, 0.29) is 49.5 Å². The Kier molecular flexibility index (Phi) is 15.6. The Bertz CT molecular complexity index is 800. The summed E-state index contributed by atoms with van der Waals surface area (Å²) in [6, 6.07) is -4.27. The Morgan fingerprint density at radius 1 is 0.806 bits per heavy atom. The number of guanidine groups is 2. The third-order valence-corrected chi connectivity index (χ3v) is 5.31. The van der Waals surface area contributed by atoms with Crippen LogP contribution in [0.15, 0.2) is 9.98 Å². The fraction of sp³-hybridized carbons (Fsp3) is 0.700. The van der Waals surface area contributed by atoms with Crippen molar-refractivity contribution in [3.63, 3.8) is 0 Å². The summed E-state index contributed by atoms with van der Waals surface area (Å²) >= 11 is 3.98. The number of nitrogens with zero attached hydrogens (tertiary/aromatic N) is 2. The number of hydrogen-bond donors (Lipinski definition) is 10. The minimum Gasteiger partial charge on any atom is -0.480 e. The zero-order chi connectivity index (χ0) is 27.8. The molecular formula is C20H40N10O5S. The van der Waals surface area contributed by atoms with Crippen LogP contribution in [0.3, 0.4) is 0 Å². The highest BCUT2D eigenvalue weighted by Gasteiger charge is 2.31. The molecule has 0 rings (SSSR count). The number of carbonyl (C=O) groups is 4. The molecule has 0 fully saturated rings. The van der Waals surface area contributed by atoms with Crippen LogP contribution in [0.4, 0.5) is 0 Å². The summed E-state index contributed by atoms with van der Waals surface area (Å²) in [5, 5.41) is 17.1. The Hall–Kier alpha value is -3.27. The molecule has 0 saturated heterocycles. The number of carboxylic acids is 1. The van der Waals surface area contributed by atoms with Gasteiger partial charge in [-0.25, -0.2) is 4.79 Å². The number of nitrogens with two attached hydrogens (primary N) is 5. The second kappa shape index (κ2) is 17.2. The van der Waals surface area contributed by atoms with Crippen molar-refractivity contribution in [2.24, 2.45) is 44.6 Å². The van der Waals surface area contributed by atoms with Crippen LogP contribution in [0.25, 0.3) is 0 Å². The van der Waals surface area contributed by atoms with Crippen LogP contribution < -0.4 is 44.6 Å². The molecule has 3 amide bonds. The number of hydrogen-bond acceptors (Lipinski definition) is 8. The summed E-state index contributed by atoms with van der Waals surface area (Å²) in [5.74, 6) is -3.70. The highest BCUT2D eigenvalue weighted by molar-refractivity contribution is 7.80. The summed E-state index contributed by atoms with van der Waals surface area (Å²) in [6.07, 6.45) is 0.758. The van der Waals surface area contributed by atoms with E-state index in [0.717, 1.165) is 0 Å².